The number of methoxy groups -OCH3 is 1. The summed E-state index contributed by atoms with van der Waals surface area (Å²) < 4.78 is 20.5. The Kier molecular flexibility index (Phi) is 4.33. The van der Waals surface area contributed by atoms with E-state index in [0.717, 1.165) is 4.88 Å². The smallest absolute Gasteiger partial charge is 0.268 e. The predicted molar refractivity (Wildman–Crippen MR) is 102 cm³/mol. The quantitative estimate of drug-likeness (QED) is 0.575. The number of thiophene rings is 1. The molecule has 0 spiro atoms. The van der Waals surface area contributed by atoms with Crippen LogP contribution in [0.1, 0.15) is 14.5 Å². The maximum Gasteiger partial charge on any atom is 0.268 e. The molecule has 0 atom stereocenters. The Morgan fingerprint density at radius 3 is 2.78 bits per heavy atom. The Balaban J connectivity index is 1.78. The van der Waals surface area contributed by atoms with Crippen molar-refractivity contribution in [1.29, 1.82) is 0 Å². The van der Waals surface area contributed by atoms with E-state index in [-0.39, 0.29) is 17.7 Å². The molecule has 27 heavy (non-hydrogen) atoms. The molecule has 8 heteroatoms. The van der Waals surface area contributed by atoms with Gasteiger partial charge in [0.15, 0.2) is 11.4 Å². The third-order valence-electron chi connectivity index (χ3n) is 3.98. The summed E-state index contributed by atoms with van der Waals surface area (Å²) in [4.78, 5) is 18.4. The zero-order valence-corrected chi connectivity index (χ0v) is 15.4. The Bertz CT molecular complexity index is 1150. The van der Waals surface area contributed by atoms with E-state index in [1.807, 2.05) is 13.0 Å². The van der Waals surface area contributed by atoms with Crippen LogP contribution in [0, 0.1) is 12.7 Å². The van der Waals surface area contributed by atoms with Crippen LogP contribution in [0.4, 0.5) is 10.3 Å². The lowest BCUT2D eigenvalue weighted by Crippen LogP contribution is -2.11. The molecular formula is C19H15FN4O2S. The van der Waals surface area contributed by atoms with Crippen LogP contribution >= 0.6 is 11.3 Å². The lowest BCUT2D eigenvalue weighted by atomic mass is 10.1. The minimum atomic E-state index is -0.349. The second-order valence-corrected chi connectivity index (χ2v) is 7.12. The molecule has 0 unspecified atom stereocenters. The minimum Gasteiger partial charge on any atom is -0.493 e. The molecule has 6 nitrogen and oxygen atoms in total. The van der Waals surface area contributed by atoms with Gasteiger partial charge in [-0.1, -0.05) is 12.1 Å². The molecule has 0 saturated carbocycles. The largest absolute Gasteiger partial charge is 0.493 e. The standard InChI is InChI=1S/C19H15FN4O2S/c1-11-6-9-16(27-11)18(25)22-19-21-17-15(26-2)8-7-14(24(17)23-19)12-4-3-5-13(20)10-12/h3-10H,1-2H3,(H,22,23,25). The van der Waals surface area contributed by atoms with E-state index in [4.69, 9.17) is 4.74 Å². The average Bonchev–Trinajstić information content (AvgIpc) is 3.27. The third kappa shape index (κ3) is 3.26. The van der Waals surface area contributed by atoms with Crippen molar-refractivity contribution in [2.75, 3.05) is 12.4 Å². The van der Waals surface area contributed by atoms with Gasteiger partial charge in [0.2, 0.25) is 5.95 Å². The zero-order valence-electron chi connectivity index (χ0n) is 14.6. The van der Waals surface area contributed by atoms with Crippen molar-refractivity contribution in [3.8, 4) is 17.0 Å². The molecule has 0 aliphatic carbocycles. The van der Waals surface area contributed by atoms with Gasteiger partial charge in [-0.25, -0.2) is 8.91 Å². The van der Waals surface area contributed by atoms with Gasteiger partial charge in [0.1, 0.15) is 5.82 Å². The van der Waals surface area contributed by atoms with Crippen LogP contribution in [0.3, 0.4) is 0 Å². The van der Waals surface area contributed by atoms with E-state index in [2.05, 4.69) is 15.4 Å². The number of anilines is 1. The monoisotopic (exact) mass is 382 g/mol. The normalized spacial score (nSPS) is 10.9. The molecule has 0 fully saturated rings. The Morgan fingerprint density at radius 1 is 1.22 bits per heavy atom. The van der Waals surface area contributed by atoms with Crippen molar-refractivity contribution in [3.63, 3.8) is 0 Å². The van der Waals surface area contributed by atoms with Gasteiger partial charge in [-0.3, -0.25) is 10.1 Å². The summed E-state index contributed by atoms with van der Waals surface area (Å²) in [5.74, 6) is 0.0109. The zero-order chi connectivity index (χ0) is 19.0. The van der Waals surface area contributed by atoms with Gasteiger partial charge < -0.3 is 4.74 Å². The van der Waals surface area contributed by atoms with E-state index in [1.165, 1.54) is 35.1 Å². The van der Waals surface area contributed by atoms with Crippen molar-refractivity contribution in [2.45, 2.75) is 6.92 Å². The minimum absolute atomic E-state index is 0.146. The molecule has 1 aromatic carbocycles. The fraction of sp³-hybridized carbons (Fsp3) is 0.105. The van der Waals surface area contributed by atoms with Crippen molar-refractivity contribution in [3.05, 3.63) is 64.1 Å². The van der Waals surface area contributed by atoms with Gasteiger partial charge >= 0.3 is 0 Å². The van der Waals surface area contributed by atoms with Gasteiger partial charge in [0.25, 0.3) is 5.91 Å². The molecule has 0 saturated heterocycles. The number of nitrogens with zero attached hydrogens (tertiary/aromatic N) is 3. The first-order valence-electron chi connectivity index (χ1n) is 8.12. The van der Waals surface area contributed by atoms with Crippen LogP contribution in [0.15, 0.2) is 48.5 Å². The maximum atomic E-state index is 13.6. The number of nitrogens with one attached hydrogen (secondary N) is 1. The summed E-state index contributed by atoms with van der Waals surface area (Å²) in [6, 6.07) is 13.3. The predicted octanol–water partition coefficient (Wildman–Crippen LogP) is 4.17. The number of hydrogen-bond acceptors (Lipinski definition) is 5. The summed E-state index contributed by atoms with van der Waals surface area (Å²) >= 11 is 1.39. The summed E-state index contributed by atoms with van der Waals surface area (Å²) in [5.41, 5.74) is 1.70. The highest BCUT2D eigenvalue weighted by molar-refractivity contribution is 7.14. The van der Waals surface area contributed by atoms with Crippen LogP contribution < -0.4 is 10.1 Å². The number of hydrogen-bond donors (Lipinski definition) is 1. The number of amides is 1. The van der Waals surface area contributed by atoms with Crippen LogP contribution in [0.5, 0.6) is 5.75 Å². The summed E-state index contributed by atoms with van der Waals surface area (Å²) in [6.45, 7) is 1.93. The highest BCUT2D eigenvalue weighted by atomic mass is 32.1. The Morgan fingerprint density at radius 2 is 2.07 bits per heavy atom. The second kappa shape index (κ2) is 6.81. The first-order chi connectivity index (χ1) is 13.0. The molecule has 0 radical (unpaired) electrons. The second-order valence-electron chi connectivity index (χ2n) is 5.83. The number of pyridine rings is 1. The lowest BCUT2D eigenvalue weighted by molar-refractivity contribution is 0.102. The Labute approximate surface area is 158 Å². The number of halogens is 1. The average molecular weight is 382 g/mol. The van der Waals surface area contributed by atoms with E-state index >= 15 is 0 Å². The van der Waals surface area contributed by atoms with E-state index < -0.39 is 0 Å². The number of aromatic nitrogens is 3. The van der Waals surface area contributed by atoms with Gasteiger partial charge in [0.05, 0.1) is 17.7 Å². The van der Waals surface area contributed by atoms with Crippen molar-refractivity contribution < 1.29 is 13.9 Å². The number of carbonyl (C=O) groups is 1. The fourth-order valence-electron chi connectivity index (χ4n) is 2.74. The first kappa shape index (κ1) is 17.2. The molecule has 3 aromatic heterocycles. The Hall–Kier alpha value is -3.26. The number of aryl methyl sites for hydroxylation is 1. The first-order valence-corrected chi connectivity index (χ1v) is 8.94. The van der Waals surface area contributed by atoms with Gasteiger partial charge in [-0.15, -0.1) is 16.4 Å². The molecule has 136 valence electrons. The van der Waals surface area contributed by atoms with Gasteiger partial charge in [-0.05, 0) is 43.3 Å². The van der Waals surface area contributed by atoms with Crippen molar-refractivity contribution in [2.24, 2.45) is 0 Å². The molecule has 0 aliphatic rings. The van der Waals surface area contributed by atoms with Gasteiger partial charge in [-0.2, -0.15) is 4.98 Å². The van der Waals surface area contributed by atoms with Crippen molar-refractivity contribution >= 4 is 28.8 Å². The molecular weight excluding hydrogens is 367 g/mol. The molecule has 0 bridgehead atoms. The van der Waals surface area contributed by atoms with E-state index in [1.54, 1.807) is 30.3 Å². The molecule has 0 aliphatic heterocycles. The number of benzene rings is 1. The molecule has 4 aromatic rings. The number of carbonyl (C=O) groups excluding carboxylic acids is 1. The summed E-state index contributed by atoms with van der Waals surface area (Å²) in [6.07, 6.45) is 0. The molecule has 1 N–H and O–H groups in total. The molecule has 1 amide bonds. The van der Waals surface area contributed by atoms with Crippen LogP contribution in [0.2, 0.25) is 0 Å². The lowest BCUT2D eigenvalue weighted by Gasteiger charge is -2.07. The fourth-order valence-corrected chi connectivity index (χ4v) is 3.50. The van der Waals surface area contributed by atoms with Gasteiger partial charge in [0, 0.05) is 10.4 Å². The summed E-state index contributed by atoms with van der Waals surface area (Å²) in [7, 11) is 1.53. The van der Waals surface area contributed by atoms with Crippen LogP contribution in [0.25, 0.3) is 16.9 Å². The maximum absolute atomic E-state index is 13.6. The van der Waals surface area contributed by atoms with E-state index in [0.29, 0.717) is 27.5 Å². The van der Waals surface area contributed by atoms with Crippen LogP contribution in [-0.4, -0.2) is 27.6 Å². The van der Waals surface area contributed by atoms with Crippen LogP contribution in [-0.2, 0) is 0 Å². The third-order valence-corrected chi connectivity index (χ3v) is 4.98. The summed E-state index contributed by atoms with van der Waals surface area (Å²) in [5, 5.41) is 7.08. The number of ether oxygens (including phenoxy) is 1. The SMILES string of the molecule is COc1ccc(-c2cccc(F)c2)n2nc(NC(=O)c3ccc(C)s3)nc12. The highest BCUT2D eigenvalue weighted by Gasteiger charge is 2.16. The van der Waals surface area contributed by atoms with Crippen molar-refractivity contribution in [1.82, 2.24) is 14.6 Å². The number of fused-ring (bicyclic) bond motifs is 1. The number of rotatable bonds is 4. The topological polar surface area (TPSA) is 68.5 Å². The highest BCUT2D eigenvalue weighted by Crippen LogP contribution is 2.27. The molecule has 3 heterocycles. The van der Waals surface area contributed by atoms with E-state index in [9.17, 15) is 9.18 Å². The molecule has 4 rings (SSSR count).